The predicted molar refractivity (Wildman–Crippen MR) is 99.7 cm³/mol. The van der Waals surface area contributed by atoms with Crippen LogP contribution in [0.5, 0.6) is 11.5 Å². The Balaban J connectivity index is 0.00000192. The van der Waals surface area contributed by atoms with Gasteiger partial charge in [-0.1, -0.05) is 0 Å². The van der Waals surface area contributed by atoms with Crippen LogP contribution >= 0.6 is 24.0 Å². The molecular formula is C15H20IN5O2. The van der Waals surface area contributed by atoms with E-state index in [2.05, 4.69) is 20.5 Å². The minimum Gasteiger partial charge on any atom is -0.490 e. The summed E-state index contributed by atoms with van der Waals surface area (Å²) in [7, 11) is 0. The maximum atomic E-state index is 5.92. The molecule has 0 unspecified atom stereocenters. The fraction of sp³-hybridized carbons (Fsp3) is 0.333. The van der Waals surface area contributed by atoms with Crippen molar-refractivity contribution >= 4 is 35.6 Å². The topological polar surface area (TPSA) is 97.6 Å². The van der Waals surface area contributed by atoms with Gasteiger partial charge in [-0.3, -0.25) is 5.10 Å². The molecule has 1 aromatic carbocycles. The van der Waals surface area contributed by atoms with Gasteiger partial charge in [0.2, 0.25) is 0 Å². The van der Waals surface area contributed by atoms with Crippen LogP contribution in [-0.4, -0.2) is 29.4 Å². The third-order valence-electron chi connectivity index (χ3n) is 3.37. The third kappa shape index (κ3) is 4.50. The quantitative estimate of drug-likeness (QED) is 0.396. The zero-order valence-electron chi connectivity index (χ0n) is 12.8. The number of ether oxygens (including phenoxy) is 2. The molecule has 7 nitrogen and oxygen atoms in total. The smallest absolute Gasteiger partial charge is 0.193 e. The Bertz CT molecular complexity index is 686. The summed E-state index contributed by atoms with van der Waals surface area (Å²) in [6, 6.07) is 5.63. The number of nitrogens with two attached hydrogens (primary N) is 1. The molecular weight excluding hydrogens is 409 g/mol. The zero-order chi connectivity index (χ0) is 15.4. The van der Waals surface area contributed by atoms with Gasteiger partial charge in [-0.05, 0) is 19.1 Å². The molecule has 2 heterocycles. The lowest BCUT2D eigenvalue weighted by Crippen LogP contribution is -2.22. The standard InChI is InChI=1S/C15H19N5O2.HI/c1-10-11(9-18-20-10)8-17-15(16)19-12-3-4-13-14(7-12)22-6-2-5-21-13;/h3-4,7,9H,2,5-6,8H2,1H3,(H,18,20)(H3,16,17,19);1H. The molecule has 0 saturated heterocycles. The lowest BCUT2D eigenvalue weighted by molar-refractivity contribution is 0.297. The van der Waals surface area contributed by atoms with Crippen molar-refractivity contribution in [2.75, 3.05) is 18.5 Å². The number of H-pyrrole nitrogens is 1. The maximum absolute atomic E-state index is 5.92. The first-order valence-corrected chi connectivity index (χ1v) is 7.18. The summed E-state index contributed by atoms with van der Waals surface area (Å²) in [5, 5.41) is 9.88. The zero-order valence-corrected chi connectivity index (χ0v) is 15.2. The fourth-order valence-corrected chi connectivity index (χ4v) is 2.13. The van der Waals surface area contributed by atoms with E-state index >= 15 is 0 Å². The van der Waals surface area contributed by atoms with Crippen molar-refractivity contribution in [3.63, 3.8) is 0 Å². The van der Waals surface area contributed by atoms with Crippen LogP contribution in [-0.2, 0) is 6.54 Å². The molecule has 124 valence electrons. The summed E-state index contributed by atoms with van der Waals surface area (Å²) in [5.74, 6) is 1.82. The number of hydrogen-bond donors (Lipinski definition) is 3. The molecule has 0 aliphatic carbocycles. The summed E-state index contributed by atoms with van der Waals surface area (Å²) in [4.78, 5) is 4.30. The minimum absolute atomic E-state index is 0. The van der Waals surface area contributed by atoms with Gasteiger partial charge in [0.1, 0.15) is 0 Å². The first-order valence-electron chi connectivity index (χ1n) is 7.18. The number of aromatic amines is 1. The predicted octanol–water partition coefficient (Wildman–Crippen LogP) is 2.42. The lowest BCUT2D eigenvalue weighted by Gasteiger charge is -2.10. The van der Waals surface area contributed by atoms with Gasteiger partial charge in [-0.2, -0.15) is 5.10 Å². The highest BCUT2D eigenvalue weighted by Gasteiger charge is 2.10. The number of guanidine groups is 1. The van der Waals surface area contributed by atoms with Crippen molar-refractivity contribution in [1.29, 1.82) is 0 Å². The van der Waals surface area contributed by atoms with Crippen LogP contribution in [0.3, 0.4) is 0 Å². The minimum atomic E-state index is 0. The Morgan fingerprint density at radius 1 is 1.35 bits per heavy atom. The largest absolute Gasteiger partial charge is 0.490 e. The summed E-state index contributed by atoms with van der Waals surface area (Å²) in [5.41, 5.74) is 8.74. The molecule has 0 radical (unpaired) electrons. The second kappa shape index (κ2) is 8.04. The van der Waals surface area contributed by atoms with Gasteiger partial charge in [0.05, 0.1) is 26.0 Å². The van der Waals surface area contributed by atoms with Gasteiger partial charge in [-0.25, -0.2) is 4.99 Å². The molecule has 1 aromatic heterocycles. The van der Waals surface area contributed by atoms with Crippen molar-refractivity contribution in [2.24, 2.45) is 10.7 Å². The number of rotatable bonds is 3. The van der Waals surface area contributed by atoms with Gasteiger partial charge in [0.15, 0.2) is 17.5 Å². The van der Waals surface area contributed by atoms with E-state index in [1.54, 1.807) is 6.20 Å². The normalized spacial score (nSPS) is 13.9. The van der Waals surface area contributed by atoms with Crippen molar-refractivity contribution in [1.82, 2.24) is 10.2 Å². The van der Waals surface area contributed by atoms with Gasteiger partial charge in [-0.15, -0.1) is 24.0 Å². The number of nitrogens with zero attached hydrogens (tertiary/aromatic N) is 2. The Morgan fingerprint density at radius 2 is 2.13 bits per heavy atom. The number of aliphatic imine (C=N–C) groups is 1. The van der Waals surface area contributed by atoms with Crippen LogP contribution in [0.4, 0.5) is 5.69 Å². The van der Waals surface area contributed by atoms with E-state index in [0.29, 0.717) is 25.7 Å². The van der Waals surface area contributed by atoms with Crippen LogP contribution in [0.2, 0.25) is 0 Å². The highest BCUT2D eigenvalue weighted by molar-refractivity contribution is 14.0. The van der Waals surface area contributed by atoms with E-state index in [0.717, 1.165) is 34.9 Å². The Labute approximate surface area is 151 Å². The number of halogens is 1. The number of hydrogen-bond acceptors (Lipinski definition) is 4. The first-order chi connectivity index (χ1) is 10.7. The number of aryl methyl sites for hydroxylation is 1. The Kier molecular flexibility index (Phi) is 6.08. The van der Waals surface area contributed by atoms with Crippen molar-refractivity contribution in [2.45, 2.75) is 19.9 Å². The summed E-state index contributed by atoms with van der Waals surface area (Å²) in [6.45, 7) is 3.75. The summed E-state index contributed by atoms with van der Waals surface area (Å²) < 4.78 is 11.2. The molecule has 23 heavy (non-hydrogen) atoms. The number of anilines is 1. The number of aromatic nitrogens is 2. The average molecular weight is 429 g/mol. The lowest BCUT2D eigenvalue weighted by atomic mass is 10.2. The van der Waals surface area contributed by atoms with Crippen LogP contribution in [0.15, 0.2) is 29.4 Å². The van der Waals surface area contributed by atoms with Gasteiger partial charge < -0.3 is 20.5 Å². The van der Waals surface area contributed by atoms with E-state index < -0.39 is 0 Å². The molecule has 2 aromatic rings. The van der Waals surface area contributed by atoms with Crippen LogP contribution in [0, 0.1) is 6.92 Å². The van der Waals surface area contributed by atoms with Crippen LogP contribution in [0.25, 0.3) is 0 Å². The maximum Gasteiger partial charge on any atom is 0.193 e. The van der Waals surface area contributed by atoms with Crippen LogP contribution in [0.1, 0.15) is 17.7 Å². The molecule has 1 aliphatic rings. The highest BCUT2D eigenvalue weighted by Crippen LogP contribution is 2.32. The van der Waals surface area contributed by atoms with E-state index in [4.69, 9.17) is 15.2 Å². The van der Waals surface area contributed by atoms with E-state index in [1.807, 2.05) is 25.1 Å². The molecule has 8 heteroatoms. The second-order valence-corrected chi connectivity index (χ2v) is 5.06. The number of fused-ring (bicyclic) bond motifs is 1. The molecule has 0 bridgehead atoms. The monoisotopic (exact) mass is 429 g/mol. The van der Waals surface area contributed by atoms with Gasteiger partial charge >= 0.3 is 0 Å². The highest BCUT2D eigenvalue weighted by atomic mass is 127. The van der Waals surface area contributed by atoms with Gasteiger partial charge in [0.25, 0.3) is 0 Å². The van der Waals surface area contributed by atoms with E-state index in [-0.39, 0.29) is 24.0 Å². The molecule has 1 aliphatic heterocycles. The molecule has 4 N–H and O–H groups in total. The Hall–Kier alpha value is -1.97. The average Bonchev–Trinajstić information content (AvgIpc) is 2.78. The Morgan fingerprint density at radius 3 is 2.87 bits per heavy atom. The molecule has 0 spiro atoms. The summed E-state index contributed by atoms with van der Waals surface area (Å²) in [6.07, 6.45) is 2.63. The van der Waals surface area contributed by atoms with Crippen molar-refractivity contribution < 1.29 is 9.47 Å². The van der Waals surface area contributed by atoms with E-state index in [9.17, 15) is 0 Å². The SMILES string of the molecule is Cc1[nH]ncc1CN=C(N)Nc1ccc2c(c1)OCCCO2.I. The molecule has 0 saturated carbocycles. The second-order valence-electron chi connectivity index (χ2n) is 5.06. The fourth-order valence-electron chi connectivity index (χ4n) is 2.13. The van der Waals surface area contributed by atoms with Crippen molar-refractivity contribution in [3.8, 4) is 11.5 Å². The molecule has 0 atom stereocenters. The molecule has 0 amide bonds. The van der Waals surface area contributed by atoms with Gasteiger partial charge in [0, 0.05) is 29.4 Å². The molecule has 3 rings (SSSR count). The molecule has 0 fully saturated rings. The number of nitrogens with one attached hydrogen (secondary N) is 2. The number of benzene rings is 1. The summed E-state index contributed by atoms with van der Waals surface area (Å²) >= 11 is 0. The third-order valence-corrected chi connectivity index (χ3v) is 3.37. The van der Waals surface area contributed by atoms with Crippen molar-refractivity contribution in [3.05, 3.63) is 35.7 Å². The van der Waals surface area contributed by atoms with Crippen LogP contribution < -0.4 is 20.5 Å². The van der Waals surface area contributed by atoms with E-state index in [1.165, 1.54) is 0 Å². The first kappa shape index (κ1) is 17.4.